The first-order valence-corrected chi connectivity index (χ1v) is 9.14. The quantitative estimate of drug-likeness (QED) is 0.376. The molecule has 33 heavy (non-hydrogen) atoms. The maximum absolute atomic E-state index is 13.6. The van der Waals surface area contributed by atoms with Crippen LogP contribution in [-0.2, 0) is 4.79 Å². The molecule has 10 nitrogen and oxygen atoms in total. The number of nitro groups is 1. The molecule has 1 aliphatic heterocycles. The molecule has 2 N–H and O–H groups in total. The number of nitrogens with zero attached hydrogens (tertiary/aromatic N) is 3. The fraction of sp³-hybridized carbons (Fsp3) is 0.150. The van der Waals surface area contributed by atoms with Crippen LogP contribution >= 0.6 is 0 Å². The highest BCUT2D eigenvalue weighted by molar-refractivity contribution is 6.34. The van der Waals surface area contributed by atoms with E-state index in [2.05, 4.69) is 5.10 Å². The van der Waals surface area contributed by atoms with Crippen LogP contribution in [0.4, 0.5) is 24.5 Å². The second-order valence-electron chi connectivity index (χ2n) is 6.55. The molecular weight excluding hydrogens is 451 g/mol. The van der Waals surface area contributed by atoms with Crippen LogP contribution in [0.2, 0.25) is 0 Å². The number of aromatic carboxylic acids is 1. The Balaban J connectivity index is 2.12. The number of alkyl halides is 3. The SMILES string of the molecule is CCOc1cc(C=C2C(=O)N(c3ccc(C(=O)O)cc3)N=C2C(F)(F)F)cc([N+](=O)[O-])c1O. The number of anilines is 1. The summed E-state index contributed by atoms with van der Waals surface area (Å²) in [7, 11) is 0. The molecule has 2 aromatic carbocycles. The summed E-state index contributed by atoms with van der Waals surface area (Å²) >= 11 is 0. The third-order valence-electron chi connectivity index (χ3n) is 4.39. The Kier molecular flexibility index (Phi) is 6.06. The molecule has 0 saturated heterocycles. The summed E-state index contributed by atoms with van der Waals surface area (Å²) in [5.74, 6) is -3.63. The average molecular weight is 465 g/mol. The molecule has 0 fully saturated rings. The number of amides is 1. The summed E-state index contributed by atoms with van der Waals surface area (Å²) in [6, 6.07) is 6.24. The average Bonchev–Trinajstić information content (AvgIpc) is 3.06. The van der Waals surface area contributed by atoms with Gasteiger partial charge >= 0.3 is 17.8 Å². The number of benzene rings is 2. The van der Waals surface area contributed by atoms with E-state index in [1.165, 1.54) is 6.92 Å². The van der Waals surface area contributed by atoms with Gasteiger partial charge in [0.05, 0.1) is 28.4 Å². The van der Waals surface area contributed by atoms with Gasteiger partial charge in [-0.2, -0.15) is 23.3 Å². The van der Waals surface area contributed by atoms with Crippen molar-refractivity contribution in [1.29, 1.82) is 0 Å². The van der Waals surface area contributed by atoms with E-state index in [1.54, 1.807) is 0 Å². The molecule has 3 rings (SSSR count). The molecule has 0 radical (unpaired) electrons. The van der Waals surface area contributed by atoms with Crippen molar-refractivity contribution >= 4 is 35.0 Å². The van der Waals surface area contributed by atoms with Crippen LogP contribution in [0.3, 0.4) is 0 Å². The summed E-state index contributed by atoms with van der Waals surface area (Å²) in [5, 5.41) is 33.9. The number of carboxylic acid groups (broad SMARTS) is 1. The van der Waals surface area contributed by atoms with Gasteiger partial charge in [0.2, 0.25) is 5.75 Å². The second kappa shape index (κ2) is 8.61. The Morgan fingerprint density at radius 1 is 1.27 bits per heavy atom. The predicted octanol–water partition coefficient (Wildman–Crippen LogP) is 3.75. The summed E-state index contributed by atoms with van der Waals surface area (Å²) in [6.45, 7) is 1.53. The highest BCUT2D eigenvalue weighted by atomic mass is 19.4. The zero-order valence-corrected chi connectivity index (χ0v) is 16.7. The molecule has 1 amide bonds. The molecule has 0 spiro atoms. The monoisotopic (exact) mass is 465 g/mol. The van der Waals surface area contributed by atoms with Crippen LogP contribution in [0.5, 0.6) is 11.5 Å². The van der Waals surface area contributed by atoms with E-state index in [1.807, 2.05) is 0 Å². The van der Waals surface area contributed by atoms with Crippen molar-refractivity contribution in [2.75, 3.05) is 11.6 Å². The predicted molar refractivity (Wildman–Crippen MR) is 108 cm³/mol. The Morgan fingerprint density at radius 3 is 2.42 bits per heavy atom. The number of hydrogen-bond donors (Lipinski definition) is 2. The Labute approximate surface area is 183 Å². The van der Waals surface area contributed by atoms with E-state index in [0.29, 0.717) is 5.01 Å². The Hall–Kier alpha value is -4.42. The van der Waals surface area contributed by atoms with Gasteiger partial charge in [-0.1, -0.05) is 0 Å². The van der Waals surface area contributed by atoms with Crippen LogP contribution in [-0.4, -0.2) is 45.5 Å². The third-order valence-corrected chi connectivity index (χ3v) is 4.39. The molecule has 0 unspecified atom stereocenters. The Morgan fingerprint density at radius 2 is 1.91 bits per heavy atom. The first-order valence-electron chi connectivity index (χ1n) is 9.14. The number of hydrazone groups is 1. The van der Waals surface area contributed by atoms with Crippen LogP contribution in [0, 0.1) is 10.1 Å². The number of phenolic OH excluding ortho intramolecular Hbond substituents is 1. The van der Waals surface area contributed by atoms with Crippen molar-refractivity contribution in [3.8, 4) is 11.5 Å². The Bertz CT molecular complexity index is 1200. The van der Waals surface area contributed by atoms with Crippen LogP contribution < -0.4 is 9.75 Å². The minimum atomic E-state index is -5.05. The normalized spacial score (nSPS) is 15.0. The number of halogens is 3. The summed E-state index contributed by atoms with van der Waals surface area (Å²) in [5.41, 5.74) is -3.78. The molecule has 0 aliphatic carbocycles. The van der Waals surface area contributed by atoms with Crippen molar-refractivity contribution < 1.29 is 42.6 Å². The van der Waals surface area contributed by atoms with Gasteiger partial charge in [-0.15, -0.1) is 0 Å². The fourth-order valence-corrected chi connectivity index (χ4v) is 2.94. The number of phenols is 1. The van der Waals surface area contributed by atoms with Gasteiger partial charge in [0, 0.05) is 6.07 Å². The van der Waals surface area contributed by atoms with E-state index in [9.17, 15) is 38.0 Å². The number of nitro benzene ring substituents is 1. The van der Waals surface area contributed by atoms with Gasteiger partial charge in [0.15, 0.2) is 11.5 Å². The smallest absolute Gasteiger partial charge is 0.435 e. The van der Waals surface area contributed by atoms with E-state index < -0.39 is 45.7 Å². The van der Waals surface area contributed by atoms with E-state index in [0.717, 1.165) is 42.5 Å². The summed E-state index contributed by atoms with van der Waals surface area (Å²) in [4.78, 5) is 34.0. The maximum atomic E-state index is 13.6. The van der Waals surface area contributed by atoms with Crippen molar-refractivity contribution in [2.24, 2.45) is 5.10 Å². The highest BCUT2D eigenvalue weighted by Crippen LogP contribution is 2.39. The number of ether oxygens (including phenoxy) is 1. The zero-order chi connectivity index (χ0) is 24.5. The van der Waals surface area contributed by atoms with Crippen molar-refractivity contribution in [1.82, 2.24) is 0 Å². The zero-order valence-electron chi connectivity index (χ0n) is 16.7. The van der Waals surface area contributed by atoms with Crippen molar-refractivity contribution in [3.63, 3.8) is 0 Å². The highest BCUT2D eigenvalue weighted by Gasteiger charge is 2.47. The molecule has 0 bridgehead atoms. The molecule has 13 heteroatoms. The minimum absolute atomic E-state index is 0.000947. The summed E-state index contributed by atoms with van der Waals surface area (Å²) < 4.78 is 45.9. The number of carbonyl (C=O) groups excluding carboxylic acids is 1. The summed E-state index contributed by atoms with van der Waals surface area (Å²) in [6.07, 6.45) is -4.31. The van der Waals surface area contributed by atoms with Crippen LogP contribution in [0.25, 0.3) is 6.08 Å². The van der Waals surface area contributed by atoms with E-state index >= 15 is 0 Å². The van der Waals surface area contributed by atoms with Gasteiger partial charge in [-0.05, 0) is 48.9 Å². The number of rotatable bonds is 6. The van der Waals surface area contributed by atoms with Gasteiger partial charge < -0.3 is 14.9 Å². The topological polar surface area (TPSA) is 143 Å². The second-order valence-corrected chi connectivity index (χ2v) is 6.55. The van der Waals surface area contributed by atoms with Gasteiger partial charge in [0.25, 0.3) is 5.91 Å². The fourth-order valence-electron chi connectivity index (χ4n) is 2.94. The van der Waals surface area contributed by atoms with E-state index in [4.69, 9.17) is 9.84 Å². The molecule has 172 valence electrons. The lowest BCUT2D eigenvalue weighted by Gasteiger charge is -2.12. The molecule has 0 atom stereocenters. The largest absolute Gasteiger partial charge is 0.500 e. The van der Waals surface area contributed by atoms with Crippen molar-refractivity contribution in [3.05, 3.63) is 63.2 Å². The maximum Gasteiger partial charge on any atom is 0.435 e. The molecule has 1 heterocycles. The minimum Gasteiger partial charge on any atom is -0.500 e. The number of carboxylic acids is 1. The third kappa shape index (κ3) is 4.61. The molecule has 2 aromatic rings. The number of carbonyl (C=O) groups is 2. The lowest BCUT2D eigenvalue weighted by molar-refractivity contribution is -0.386. The first-order chi connectivity index (χ1) is 15.4. The molecule has 0 aromatic heterocycles. The van der Waals surface area contributed by atoms with Gasteiger partial charge in [-0.3, -0.25) is 14.9 Å². The van der Waals surface area contributed by atoms with Crippen molar-refractivity contribution in [2.45, 2.75) is 13.1 Å². The van der Waals surface area contributed by atoms with Gasteiger partial charge in [0.1, 0.15) is 0 Å². The molecule has 0 saturated carbocycles. The molecular formula is C20H14F3N3O7. The molecule has 1 aliphatic rings. The lowest BCUT2D eigenvalue weighted by atomic mass is 10.0. The first kappa shape index (κ1) is 23.2. The van der Waals surface area contributed by atoms with Crippen LogP contribution in [0.1, 0.15) is 22.8 Å². The van der Waals surface area contributed by atoms with Gasteiger partial charge in [-0.25, -0.2) is 4.79 Å². The number of hydrogen-bond acceptors (Lipinski definition) is 7. The standard InChI is InChI=1S/C20H14F3N3O7/c1-2-33-15-9-10(8-14(16(15)27)26(31)32)7-13-17(20(21,22)23)24-25(18(13)28)12-5-3-11(4-6-12)19(29)30/h3-9,27H,2H2,1H3,(H,29,30). The lowest BCUT2D eigenvalue weighted by Crippen LogP contribution is -2.25. The van der Waals surface area contributed by atoms with E-state index in [-0.39, 0.29) is 29.2 Å². The number of aromatic hydroxyl groups is 1. The van der Waals surface area contributed by atoms with Crippen LogP contribution in [0.15, 0.2) is 47.1 Å².